The summed E-state index contributed by atoms with van der Waals surface area (Å²) in [6.07, 6.45) is 6.32. The van der Waals surface area contributed by atoms with Crippen LogP contribution in [0.2, 0.25) is 0 Å². The molecule has 1 heterocycles. The Morgan fingerprint density at radius 1 is 0.914 bits per heavy atom. The Morgan fingerprint density at radius 2 is 1.60 bits per heavy atom. The minimum atomic E-state index is -1.58. The predicted molar refractivity (Wildman–Crippen MR) is 126 cm³/mol. The smallest absolute Gasteiger partial charge is 0.338 e. The second-order valence-electron chi connectivity index (χ2n) is 13.7. The number of hydrogen-bond donors (Lipinski definition) is 4. The first-order valence-electron chi connectivity index (χ1n) is 13.4. The average molecular weight is 489 g/mol. The Kier molecular flexibility index (Phi) is 4.66. The maximum Gasteiger partial charge on any atom is 0.338 e. The highest BCUT2D eigenvalue weighted by molar-refractivity contribution is 5.97. The summed E-state index contributed by atoms with van der Waals surface area (Å²) in [4.78, 5) is 25.9. The molecule has 0 amide bonds. The molecule has 7 nitrogen and oxygen atoms in total. The number of aliphatic hydroxyl groups is 4. The number of ether oxygens (including phenoxy) is 1. The van der Waals surface area contributed by atoms with Crippen LogP contribution in [0.1, 0.15) is 79.1 Å². The lowest BCUT2D eigenvalue weighted by Crippen LogP contribution is -2.70. The van der Waals surface area contributed by atoms with E-state index < -0.39 is 51.2 Å². The molecule has 6 rings (SSSR count). The van der Waals surface area contributed by atoms with Crippen LogP contribution in [0.5, 0.6) is 0 Å². The van der Waals surface area contributed by atoms with Gasteiger partial charge in [-0.3, -0.25) is 4.79 Å². The summed E-state index contributed by atoms with van der Waals surface area (Å²) in [6.45, 7) is 7.44. The fourth-order valence-corrected chi connectivity index (χ4v) is 10.2. The normalized spacial score (nSPS) is 61.1. The molecule has 0 aromatic rings. The van der Waals surface area contributed by atoms with Gasteiger partial charge in [0.15, 0.2) is 11.4 Å². The fourth-order valence-electron chi connectivity index (χ4n) is 10.2. The van der Waals surface area contributed by atoms with Crippen molar-refractivity contribution in [1.29, 1.82) is 0 Å². The van der Waals surface area contributed by atoms with Crippen molar-refractivity contribution in [1.82, 2.24) is 0 Å². The number of carbonyl (C=O) groups is 2. The van der Waals surface area contributed by atoms with E-state index in [9.17, 15) is 30.0 Å². The van der Waals surface area contributed by atoms with Crippen LogP contribution in [0.15, 0.2) is 12.2 Å². The molecular weight excluding hydrogens is 448 g/mol. The van der Waals surface area contributed by atoms with Gasteiger partial charge in [-0.05, 0) is 94.5 Å². The summed E-state index contributed by atoms with van der Waals surface area (Å²) in [6, 6.07) is 0. The molecule has 0 radical (unpaired) electrons. The van der Waals surface area contributed by atoms with Gasteiger partial charge in [-0.2, -0.15) is 0 Å². The minimum absolute atomic E-state index is 0.0144. The zero-order valence-electron chi connectivity index (χ0n) is 21.3. The topological polar surface area (TPSA) is 124 Å². The molecule has 1 saturated heterocycles. The van der Waals surface area contributed by atoms with Gasteiger partial charge in [0.2, 0.25) is 0 Å². The second kappa shape index (κ2) is 6.77. The van der Waals surface area contributed by atoms with Crippen molar-refractivity contribution in [3.8, 4) is 0 Å². The van der Waals surface area contributed by atoms with Gasteiger partial charge in [0.25, 0.3) is 0 Å². The number of carbonyl (C=O) groups excluding carboxylic acids is 2. The summed E-state index contributed by atoms with van der Waals surface area (Å²) in [7, 11) is 0. The summed E-state index contributed by atoms with van der Waals surface area (Å²) < 4.78 is 5.74. The maximum absolute atomic E-state index is 13.2. The van der Waals surface area contributed by atoms with Crippen LogP contribution in [0.3, 0.4) is 0 Å². The van der Waals surface area contributed by atoms with E-state index in [0.29, 0.717) is 38.5 Å². The molecule has 1 aliphatic heterocycles. The average Bonchev–Trinajstić information content (AvgIpc) is 3.24. The lowest BCUT2D eigenvalue weighted by Gasteiger charge is -2.63. The van der Waals surface area contributed by atoms with Gasteiger partial charge in [0.05, 0.1) is 17.1 Å². The van der Waals surface area contributed by atoms with E-state index in [4.69, 9.17) is 4.74 Å². The van der Waals surface area contributed by atoms with Crippen LogP contribution < -0.4 is 0 Å². The SMILES string of the molecule is C[C@@]12C[C@@H](OC(=O)[C@]1(C)O)[C@@H]([C@@]1(O)CC[C@H]3[C@@H]4C[C@@H](O)[C@@]5(O)CC=CC(=O)[C@]5(C)[C@H]4CC[C@@]31C)C2. The number of esters is 1. The Morgan fingerprint density at radius 3 is 2.31 bits per heavy atom. The third-order valence-corrected chi connectivity index (χ3v) is 12.8. The number of ketones is 1. The summed E-state index contributed by atoms with van der Waals surface area (Å²) in [5, 5.41) is 46.2. The van der Waals surface area contributed by atoms with Gasteiger partial charge in [-0.1, -0.05) is 19.9 Å². The third kappa shape index (κ3) is 2.52. The molecule has 7 heteroatoms. The first kappa shape index (κ1) is 24.1. The van der Waals surface area contributed by atoms with Crippen molar-refractivity contribution in [2.24, 2.45) is 39.9 Å². The van der Waals surface area contributed by atoms with Crippen LogP contribution in [-0.2, 0) is 14.3 Å². The zero-order valence-corrected chi connectivity index (χ0v) is 21.3. The molecule has 12 atom stereocenters. The first-order chi connectivity index (χ1) is 16.2. The van der Waals surface area contributed by atoms with Crippen molar-refractivity contribution in [3.63, 3.8) is 0 Å². The number of rotatable bonds is 1. The van der Waals surface area contributed by atoms with Crippen molar-refractivity contribution in [3.05, 3.63) is 12.2 Å². The molecule has 35 heavy (non-hydrogen) atoms. The van der Waals surface area contributed by atoms with Gasteiger partial charge < -0.3 is 25.2 Å². The van der Waals surface area contributed by atoms with E-state index in [0.717, 1.165) is 6.42 Å². The Labute approximate surface area is 206 Å². The molecule has 5 fully saturated rings. The molecule has 4 N–H and O–H groups in total. The standard InChI is InChI=1S/C28H40O7/c1-23-13-18(19(14-23)35-22(31)26(23,4)32)27(33)11-8-16-15-12-21(30)28(34)9-5-6-20(29)25(28,3)17(15)7-10-24(16,27)2/h5-6,15-19,21,30,32-34H,7-14H2,1-4H3/t15-,16-,17-,18-,19+,21+,23+,24-,25-,26-,27-,28-/m0/s1. The van der Waals surface area contributed by atoms with Crippen molar-refractivity contribution in [2.45, 2.75) is 108 Å². The summed E-state index contributed by atoms with van der Waals surface area (Å²) >= 11 is 0. The monoisotopic (exact) mass is 488 g/mol. The Bertz CT molecular complexity index is 1020. The molecule has 2 bridgehead atoms. The van der Waals surface area contributed by atoms with Crippen molar-refractivity contribution >= 4 is 11.8 Å². The number of aliphatic hydroxyl groups excluding tert-OH is 1. The van der Waals surface area contributed by atoms with Crippen molar-refractivity contribution in [2.75, 3.05) is 0 Å². The third-order valence-electron chi connectivity index (χ3n) is 12.8. The largest absolute Gasteiger partial charge is 0.460 e. The second-order valence-corrected chi connectivity index (χ2v) is 13.7. The van der Waals surface area contributed by atoms with Gasteiger partial charge in [0.1, 0.15) is 11.7 Å². The predicted octanol–water partition coefficient (Wildman–Crippen LogP) is 2.28. The molecule has 194 valence electrons. The number of hydrogen-bond acceptors (Lipinski definition) is 7. The van der Waals surface area contributed by atoms with Crippen LogP contribution in [0.4, 0.5) is 0 Å². The first-order valence-corrected chi connectivity index (χ1v) is 13.4. The quantitative estimate of drug-likeness (QED) is 0.418. The summed E-state index contributed by atoms with van der Waals surface area (Å²) in [5.74, 6) is -0.934. The van der Waals surface area contributed by atoms with Gasteiger partial charge >= 0.3 is 5.97 Å². The van der Waals surface area contributed by atoms with E-state index in [1.54, 1.807) is 12.2 Å². The Balaban J connectivity index is 1.36. The van der Waals surface area contributed by atoms with Crippen LogP contribution >= 0.6 is 0 Å². The molecule has 0 unspecified atom stereocenters. The van der Waals surface area contributed by atoms with Crippen molar-refractivity contribution < 1.29 is 34.8 Å². The minimum Gasteiger partial charge on any atom is -0.460 e. The summed E-state index contributed by atoms with van der Waals surface area (Å²) in [5.41, 5.74) is -6.26. The highest BCUT2D eigenvalue weighted by atomic mass is 16.6. The van der Waals surface area contributed by atoms with Crippen LogP contribution in [0, 0.1) is 39.9 Å². The van der Waals surface area contributed by atoms with Crippen LogP contribution in [0.25, 0.3) is 0 Å². The van der Waals surface area contributed by atoms with E-state index in [-0.39, 0.29) is 35.9 Å². The molecule has 0 aromatic carbocycles. The zero-order chi connectivity index (χ0) is 25.4. The van der Waals surface area contributed by atoms with E-state index in [1.807, 2.05) is 13.8 Å². The lowest BCUT2D eigenvalue weighted by molar-refractivity contribution is -0.241. The van der Waals surface area contributed by atoms with E-state index >= 15 is 0 Å². The fraction of sp³-hybridized carbons (Fsp3) is 0.857. The maximum atomic E-state index is 13.2. The lowest BCUT2D eigenvalue weighted by atomic mass is 9.42. The van der Waals surface area contributed by atoms with Gasteiger partial charge in [-0.25, -0.2) is 4.79 Å². The van der Waals surface area contributed by atoms with Gasteiger partial charge in [0, 0.05) is 11.3 Å². The highest BCUT2D eigenvalue weighted by Crippen LogP contribution is 2.71. The highest BCUT2D eigenvalue weighted by Gasteiger charge is 2.74. The molecule has 5 aliphatic carbocycles. The Hall–Kier alpha value is -1.28. The van der Waals surface area contributed by atoms with E-state index in [1.165, 1.54) is 6.92 Å². The van der Waals surface area contributed by atoms with Gasteiger partial charge in [-0.15, -0.1) is 0 Å². The number of allylic oxidation sites excluding steroid dienone is 1. The molecule has 0 aromatic heterocycles. The number of fused-ring (bicyclic) bond motifs is 7. The van der Waals surface area contributed by atoms with Crippen LogP contribution in [-0.4, -0.2) is 61.2 Å². The van der Waals surface area contributed by atoms with E-state index in [2.05, 4.69) is 6.92 Å². The molecule has 6 aliphatic rings. The molecule has 4 saturated carbocycles. The molecule has 0 spiro atoms. The molecular formula is C28H40O7.